The summed E-state index contributed by atoms with van der Waals surface area (Å²) in [5.74, 6) is -4.32. The molecule has 3 fully saturated rings. The third-order valence-electron chi connectivity index (χ3n) is 7.77. The van der Waals surface area contributed by atoms with Crippen LogP contribution in [0.4, 0.5) is 20.4 Å². The van der Waals surface area contributed by atoms with Crippen molar-refractivity contribution in [1.29, 1.82) is 5.26 Å². The summed E-state index contributed by atoms with van der Waals surface area (Å²) in [6.07, 6.45) is 2.18. The van der Waals surface area contributed by atoms with Crippen LogP contribution < -0.4 is 19.9 Å². The van der Waals surface area contributed by atoms with Gasteiger partial charge in [0.25, 0.3) is 11.8 Å². The van der Waals surface area contributed by atoms with Gasteiger partial charge in [-0.1, -0.05) is 35.9 Å². The molecule has 1 aromatic heterocycles. The molecule has 0 spiro atoms. The number of alkyl halides is 2. The Labute approximate surface area is 256 Å². The van der Waals surface area contributed by atoms with Gasteiger partial charge in [0.15, 0.2) is 0 Å². The maximum absolute atomic E-state index is 14.7. The zero-order valence-electron chi connectivity index (χ0n) is 23.3. The molecule has 3 amide bonds. The van der Waals surface area contributed by atoms with Crippen LogP contribution in [0, 0.1) is 11.3 Å². The van der Waals surface area contributed by atoms with E-state index in [4.69, 9.17) is 16.3 Å². The van der Waals surface area contributed by atoms with Crippen molar-refractivity contribution in [3.8, 4) is 11.8 Å². The maximum atomic E-state index is 14.7. The fraction of sp³-hybridized carbons (Fsp3) is 0.355. The Hall–Kier alpha value is -4.63. The quantitative estimate of drug-likeness (QED) is 0.366. The lowest BCUT2D eigenvalue weighted by molar-refractivity contribution is -0.133. The number of nitrogens with zero attached hydrogens (tertiary/aromatic N) is 5. The van der Waals surface area contributed by atoms with Gasteiger partial charge in [0.2, 0.25) is 17.8 Å². The van der Waals surface area contributed by atoms with Crippen LogP contribution in [0.5, 0.6) is 5.75 Å². The molecule has 2 aromatic carbocycles. The van der Waals surface area contributed by atoms with Crippen molar-refractivity contribution in [1.82, 2.24) is 15.3 Å². The van der Waals surface area contributed by atoms with E-state index in [0.29, 0.717) is 5.75 Å². The van der Waals surface area contributed by atoms with Crippen molar-refractivity contribution >= 4 is 41.0 Å². The number of nitriles is 1. The highest BCUT2D eigenvalue weighted by molar-refractivity contribution is 6.31. The number of halogens is 3. The van der Waals surface area contributed by atoms with E-state index >= 15 is 0 Å². The first-order valence-electron chi connectivity index (χ1n) is 14.2. The fourth-order valence-electron chi connectivity index (χ4n) is 5.48. The molecule has 44 heavy (non-hydrogen) atoms. The molecule has 1 aliphatic heterocycles. The Morgan fingerprint density at radius 2 is 1.91 bits per heavy atom. The number of aromatic nitrogens is 2. The molecule has 0 unspecified atom stereocenters. The van der Waals surface area contributed by atoms with Crippen LogP contribution in [0.3, 0.4) is 0 Å². The molecule has 3 aliphatic rings. The van der Waals surface area contributed by atoms with Crippen molar-refractivity contribution in [2.75, 3.05) is 9.80 Å². The summed E-state index contributed by atoms with van der Waals surface area (Å²) in [6.45, 7) is 0. The predicted molar refractivity (Wildman–Crippen MR) is 155 cm³/mol. The molecule has 0 bridgehead atoms. The first kappa shape index (κ1) is 29.4. The monoisotopic (exact) mass is 620 g/mol. The largest absolute Gasteiger partial charge is 0.490 e. The molecule has 226 valence electrons. The second-order valence-corrected chi connectivity index (χ2v) is 11.5. The van der Waals surface area contributed by atoms with Gasteiger partial charge in [-0.3, -0.25) is 24.2 Å². The minimum atomic E-state index is -2.88. The minimum Gasteiger partial charge on any atom is -0.490 e. The molecule has 10 nitrogen and oxygen atoms in total. The summed E-state index contributed by atoms with van der Waals surface area (Å²) < 4.78 is 33.4. The average Bonchev–Trinajstić information content (AvgIpc) is 3.72. The fourth-order valence-corrected chi connectivity index (χ4v) is 5.72. The molecule has 2 aliphatic carbocycles. The normalized spacial score (nSPS) is 19.9. The van der Waals surface area contributed by atoms with Crippen LogP contribution in [0.1, 0.15) is 55.8 Å². The molecule has 1 N–H and O–H groups in total. The zero-order chi connectivity index (χ0) is 31.0. The molecule has 2 heterocycles. The number of benzene rings is 2. The smallest absolute Gasteiger partial charge is 0.252 e. The SMILES string of the molecule is N#Cc1ccnc(N2C(=O)CC[C@H]2C(=O)N(c2cccc(OC3CC3)c2)[C@H](C(=O)NC2CC(F)(F)C2)c2ccccc2Cl)n1. The molecular weight excluding hydrogens is 594 g/mol. The molecule has 0 radical (unpaired) electrons. The second kappa shape index (κ2) is 11.8. The number of carbonyl (C=O) groups is 3. The maximum Gasteiger partial charge on any atom is 0.252 e. The standard InChI is InChI=1S/C31H27ClF2N6O4/c32-24-7-2-1-6-23(24)27(28(42)37-19-15-31(33,34)16-19)39(20-4-3-5-22(14-20)44-21-8-9-21)29(43)25-10-11-26(41)40(25)30-36-13-12-18(17-35)38-30/h1-7,12-14,19,21,25,27H,8-11,15-16H2,(H,37,42)/t25-,27-/m0/s1. The minimum absolute atomic E-state index is 0.00463. The third kappa shape index (κ3) is 6.05. The van der Waals surface area contributed by atoms with Gasteiger partial charge in [0.05, 0.1) is 6.10 Å². The number of anilines is 2. The predicted octanol–water partition coefficient (Wildman–Crippen LogP) is 4.73. The summed E-state index contributed by atoms with van der Waals surface area (Å²) in [7, 11) is 0. The van der Waals surface area contributed by atoms with Gasteiger partial charge in [0, 0.05) is 53.8 Å². The van der Waals surface area contributed by atoms with Gasteiger partial charge in [-0.25, -0.2) is 18.7 Å². The summed E-state index contributed by atoms with van der Waals surface area (Å²) in [5.41, 5.74) is 0.546. The van der Waals surface area contributed by atoms with E-state index in [1.165, 1.54) is 17.2 Å². The van der Waals surface area contributed by atoms with E-state index in [9.17, 15) is 28.4 Å². The van der Waals surface area contributed by atoms with E-state index in [1.54, 1.807) is 48.5 Å². The molecule has 6 rings (SSSR count). The van der Waals surface area contributed by atoms with Crippen LogP contribution in [-0.4, -0.2) is 51.8 Å². The highest BCUT2D eigenvalue weighted by Crippen LogP contribution is 2.40. The number of amides is 3. The Morgan fingerprint density at radius 1 is 1.14 bits per heavy atom. The summed E-state index contributed by atoms with van der Waals surface area (Å²) in [5, 5.41) is 12.2. The van der Waals surface area contributed by atoms with Crippen LogP contribution in [-0.2, 0) is 14.4 Å². The topological polar surface area (TPSA) is 129 Å². The van der Waals surface area contributed by atoms with Crippen molar-refractivity contribution in [3.05, 3.63) is 77.1 Å². The van der Waals surface area contributed by atoms with E-state index < -0.39 is 54.6 Å². The van der Waals surface area contributed by atoms with Crippen molar-refractivity contribution in [2.45, 2.75) is 68.7 Å². The Kier molecular flexibility index (Phi) is 7.90. The van der Waals surface area contributed by atoms with Crippen LogP contribution >= 0.6 is 11.6 Å². The number of nitrogens with one attached hydrogen (secondary N) is 1. The van der Waals surface area contributed by atoms with Gasteiger partial charge in [-0.2, -0.15) is 5.26 Å². The van der Waals surface area contributed by atoms with Crippen molar-refractivity contribution in [2.24, 2.45) is 0 Å². The van der Waals surface area contributed by atoms with E-state index in [2.05, 4.69) is 15.3 Å². The first-order chi connectivity index (χ1) is 21.1. The van der Waals surface area contributed by atoms with Crippen molar-refractivity contribution in [3.63, 3.8) is 0 Å². The van der Waals surface area contributed by atoms with E-state index in [0.717, 1.165) is 17.7 Å². The summed E-state index contributed by atoms with van der Waals surface area (Å²) >= 11 is 6.60. The lowest BCUT2D eigenvalue weighted by atomic mass is 9.87. The highest BCUT2D eigenvalue weighted by atomic mass is 35.5. The van der Waals surface area contributed by atoms with Gasteiger partial charge >= 0.3 is 0 Å². The molecule has 2 saturated carbocycles. The summed E-state index contributed by atoms with van der Waals surface area (Å²) in [4.78, 5) is 52.5. The Bertz CT molecular complexity index is 1650. The average molecular weight is 621 g/mol. The Balaban J connectivity index is 1.44. The number of ether oxygens (including phenoxy) is 1. The lowest BCUT2D eigenvalue weighted by Crippen LogP contribution is -2.56. The number of carbonyl (C=O) groups excluding carboxylic acids is 3. The molecule has 3 aromatic rings. The van der Waals surface area contributed by atoms with E-state index in [-0.39, 0.29) is 46.9 Å². The van der Waals surface area contributed by atoms with Gasteiger partial charge in [-0.05, 0) is 43.5 Å². The van der Waals surface area contributed by atoms with Gasteiger partial charge in [0.1, 0.15) is 29.6 Å². The zero-order valence-corrected chi connectivity index (χ0v) is 24.1. The highest BCUT2D eigenvalue weighted by Gasteiger charge is 2.49. The molecular formula is C31H27ClF2N6O4. The van der Waals surface area contributed by atoms with Gasteiger partial charge < -0.3 is 10.1 Å². The molecule has 1 saturated heterocycles. The van der Waals surface area contributed by atoms with Crippen LogP contribution in [0.25, 0.3) is 0 Å². The number of hydrogen-bond donors (Lipinski definition) is 1. The molecule has 2 atom stereocenters. The van der Waals surface area contributed by atoms with Crippen molar-refractivity contribution < 1.29 is 27.9 Å². The third-order valence-corrected chi connectivity index (χ3v) is 8.12. The lowest BCUT2D eigenvalue weighted by Gasteiger charge is -2.39. The first-order valence-corrected chi connectivity index (χ1v) is 14.6. The van der Waals surface area contributed by atoms with E-state index in [1.807, 2.05) is 6.07 Å². The molecule has 13 heteroatoms. The Morgan fingerprint density at radius 3 is 2.61 bits per heavy atom. The van der Waals surface area contributed by atoms with Crippen LogP contribution in [0.15, 0.2) is 60.8 Å². The second-order valence-electron chi connectivity index (χ2n) is 11.1. The summed E-state index contributed by atoms with van der Waals surface area (Å²) in [6, 6.07) is 13.1. The number of hydrogen-bond acceptors (Lipinski definition) is 7. The van der Waals surface area contributed by atoms with Crippen LogP contribution in [0.2, 0.25) is 5.02 Å². The number of rotatable bonds is 9. The van der Waals surface area contributed by atoms with Gasteiger partial charge in [-0.15, -0.1) is 0 Å².